The smallest absolute Gasteiger partial charge is 0.0195 e. The predicted octanol–water partition coefficient (Wildman–Crippen LogP) is 1.14. The van der Waals surface area contributed by atoms with Crippen LogP contribution in [0.4, 0.5) is 0 Å². The van der Waals surface area contributed by atoms with Gasteiger partial charge in [0.25, 0.3) is 0 Å². The van der Waals surface area contributed by atoms with Crippen molar-refractivity contribution < 1.29 is 0 Å². The van der Waals surface area contributed by atoms with Crippen LogP contribution in [0.15, 0.2) is 0 Å². The van der Waals surface area contributed by atoms with Gasteiger partial charge in [0.15, 0.2) is 0 Å². The maximum Gasteiger partial charge on any atom is 0.0195 e. The second kappa shape index (κ2) is 5.48. The summed E-state index contributed by atoms with van der Waals surface area (Å²) in [4.78, 5) is 5.21. The van der Waals surface area contributed by atoms with Crippen molar-refractivity contribution in [3.05, 3.63) is 0 Å². The summed E-state index contributed by atoms with van der Waals surface area (Å²) in [6.45, 7) is 10.8. The van der Waals surface area contributed by atoms with Gasteiger partial charge in [-0.25, -0.2) is 0 Å². The summed E-state index contributed by atoms with van der Waals surface area (Å²) >= 11 is 0. The van der Waals surface area contributed by atoms with E-state index in [1.807, 2.05) is 0 Å². The molecule has 1 heterocycles. The molecule has 2 fully saturated rings. The van der Waals surface area contributed by atoms with Gasteiger partial charge >= 0.3 is 0 Å². The van der Waals surface area contributed by atoms with Crippen LogP contribution in [-0.2, 0) is 0 Å². The van der Waals surface area contributed by atoms with Crippen molar-refractivity contribution in [2.24, 2.45) is 11.7 Å². The maximum absolute atomic E-state index is 6.15. The van der Waals surface area contributed by atoms with Crippen LogP contribution in [-0.4, -0.2) is 54.6 Å². The van der Waals surface area contributed by atoms with Gasteiger partial charge in [0.2, 0.25) is 0 Å². The molecule has 1 aliphatic carbocycles. The van der Waals surface area contributed by atoms with Crippen LogP contribution in [0.3, 0.4) is 0 Å². The number of nitrogens with two attached hydrogens (primary N) is 1. The van der Waals surface area contributed by atoms with Crippen molar-refractivity contribution in [2.75, 3.05) is 32.7 Å². The summed E-state index contributed by atoms with van der Waals surface area (Å²) in [6.07, 6.45) is 3.94. The highest BCUT2D eigenvalue weighted by Gasteiger charge is 2.29. The third kappa shape index (κ3) is 2.76. The van der Waals surface area contributed by atoms with E-state index in [1.165, 1.54) is 52.0 Å². The van der Waals surface area contributed by atoms with Crippen molar-refractivity contribution >= 4 is 0 Å². The molecular formula is C13H27N3. The van der Waals surface area contributed by atoms with Crippen LogP contribution < -0.4 is 5.73 Å². The fourth-order valence-corrected chi connectivity index (χ4v) is 3.33. The monoisotopic (exact) mass is 225 g/mol. The number of hydrogen-bond donors (Lipinski definition) is 1. The van der Waals surface area contributed by atoms with E-state index < -0.39 is 0 Å². The van der Waals surface area contributed by atoms with Gasteiger partial charge in [0.1, 0.15) is 0 Å². The van der Waals surface area contributed by atoms with E-state index in [-0.39, 0.29) is 0 Å². The molecular weight excluding hydrogens is 198 g/mol. The fraction of sp³-hybridized carbons (Fsp3) is 1.00. The fourth-order valence-electron chi connectivity index (χ4n) is 3.33. The normalized spacial score (nSPS) is 38.1. The van der Waals surface area contributed by atoms with Gasteiger partial charge in [-0.15, -0.1) is 0 Å². The Labute approximate surface area is 100.0 Å². The summed E-state index contributed by atoms with van der Waals surface area (Å²) in [5, 5.41) is 0. The second-order valence-corrected chi connectivity index (χ2v) is 5.59. The number of nitrogens with zero attached hydrogens (tertiary/aromatic N) is 2. The van der Waals surface area contributed by atoms with Gasteiger partial charge in [-0.3, -0.25) is 4.90 Å². The van der Waals surface area contributed by atoms with Crippen molar-refractivity contribution in [3.63, 3.8) is 0 Å². The molecule has 16 heavy (non-hydrogen) atoms. The Morgan fingerprint density at radius 2 is 2.06 bits per heavy atom. The average molecular weight is 225 g/mol. The first-order chi connectivity index (χ1) is 7.70. The Morgan fingerprint density at radius 1 is 1.25 bits per heavy atom. The standard InChI is InChI=1S/C13H27N3/c1-3-16-8-7-15(9-11(16)2)10-12-5-4-6-13(12)14/h11-13H,3-10,14H2,1-2H3. The molecule has 2 aliphatic rings. The lowest BCUT2D eigenvalue weighted by atomic mass is 10.0. The first-order valence-electron chi connectivity index (χ1n) is 6.92. The molecule has 1 saturated carbocycles. The van der Waals surface area contributed by atoms with E-state index in [0.29, 0.717) is 6.04 Å². The number of hydrogen-bond acceptors (Lipinski definition) is 3. The quantitative estimate of drug-likeness (QED) is 0.782. The van der Waals surface area contributed by atoms with Gasteiger partial charge in [0.05, 0.1) is 0 Å². The van der Waals surface area contributed by atoms with E-state index in [1.54, 1.807) is 0 Å². The summed E-state index contributed by atoms with van der Waals surface area (Å²) in [5.74, 6) is 0.764. The van der Waals surface area contributed by atoms with E-state index in [9.17, 15) is 0 Å². The Hall–Kier alpha value is -0.120. The third-order valence-electron chi connectivity index (χ3n) is 4.47. The summed E-state index contributed by atoms with van der Waals surface area (Å²) in [6, 6.07) is 1.19. The highest BCUT2D eigenvalue weighted by molar-refractivity contribution is 4.85. The number of likely N-dealkylation sites (N-methyl/N-ethyl adjacent to an activating group) is 1. The highest BCUT2D eigenvalue weighted by Crippen LogP contribution is 2.25. The molecule has 3 unspecified atom stereocenters. The van der Waals surface area contributed by atoms with Crippen molar-refractivity contribution in [2.45, 2.75) is 45.2 Å². The Kier molecular flexibility index (Phi) is 4.22. The SMILES string of the molecule is CCN1CCN(CC2CCCC2N)CC1C. The number of piperazine rings is 1. The van der Waals surface area contributed by atoms with Gasteiger partial charge < -0.3 is 10.6 Å². The lowest BCUT2D eigenvalue weighted by molar-refractivity contribution is 0.0760. The summed E-state index contributed by atoms with van der Waals surface area (Å²) in [5.41, 5.74) is 6.15. The minimum atomic E-state index is 0.472. The molecule has 0 aromatic carbocycles. The largest absolute Gasteiger partial charge is 0.327 e. The molecule has 3 heteroatoms. The lowest BCUT2D eigenvalue weighted by Gasteiger charge is -2.40. The first-order valence-corrected chi connectivity index (χ1v) is 6.92. The Bertz CT molecular complexity index is 219. The molecule has 0 bridgehead atoms. The van der Waals surface area contributed by atoms with E-state index in [4.69, 9.17) is 5.73 Å². The molecule has 0 aromatic rings. The maximum atomic E-state index is 6.15. The molecule has 3 atom stereocenters. The zero-order valence-electron chi connectivity index (χ0n) is 10.9. The van der Waals surface area contributed by atoms with Crippen LogP contribution >= 0.6 is 0 Å². The highest BCUT2D eigenvalue weighted by atomic mass is 15.3. The molecule has 2 rings (SSSR count). The zero-order chi connectivity index (χ0) is 11.5. The van der Waals surface area contributed by atoms with Gasteiger partial charge in [-0.05, 0) is 32.2 Å². The van der Waals surface area contributed by atoms with Crippen LogP contribution in [0.1, 0.15) is 33.1 Å². The van der Waals surface area contributed by atoms with Gasteiger partial charge in [-0.2, -0.15) is 0 Å². The Morgan fingerprint density at radius 3 is 2.62 bits per heavy atom. The molecule has 2 N–H and O–H groups in total. The second-order valence-electron chi connectivity index (χ2n) is 5.59. The third-order valence-corrected chi connectivity index (χ3v) is 4.47. The zero-order valence-corrected chi connectivity index (χ0v) is 10.9. The van der Waals surface area contributed by atoms with Crippen molar-refractivity contribution in [1.29, 1.82) is 0 Å². The molecule has 0 spiro atoms. The molecule has 94 valence electrons. The van der Waals surface area contributed by atoms with Crippen LogP contribution in [0, 0.1) is 5.92 Å². The van der Waals surface area contributed by atoms with E-state index in [2.05, 4.69) is 23.6 Å². The number of rotatable bonds is 3. The molecule has 3 nitrogen and oxygen atoms in total. The average Bonchev–Trinajstić information content (AvgIpc) is 2.65. The first kappa shape index (κ1) is 12.3. The van der Waals surface area contributed by atoms with E-state index >= 15 is 0 Å². The molecule has 1 aliphatic heterocycles. The van der Waals surface area contributed by atoms with Crippen LogP contribution in [0.2, 0.25) is 0 Å². The molecule has 0 aromatic heterocycles. The minimum absolute atomic E-state index is 0.472. The lowest BCUT2D eigenvalue weighted by Crippen LogP contribution is -2.53. The minimum Gasteiger partial charge on any atom is -0.327 e. The molecule has 0 radical (unpaired) electrons. The molecule has 0 amide bonds. The summed E-state index contributed by atoms with van der Waals surface area (Å²) < 4.78 is 0. The van der Waals surface area contributed by atoms with E-state index in [0.717, 1.165) is 12.0 Å². The van der Waals surface area contributed by atoms with Gasteiger partial charge in [-0.1, -0.05) is 13.3 Å². The predicted molar refractivity (Wildman–Crippen MR) is 68.5 cm³/mol. The van der Waals surface area contributed by atoms with Crippen molar-refractivity contribution in [1.82, 2.24) is 9.80 Å². The molecule has 1 saturated heterocycles. The summed E-state index contributed by atoms with van der Waals surface area (Å²) in [7, 11) is 0. The Balaban J connectivity index is 1.79. The van der Waals surface area contributed by atoms with Gasteiger partial charge in [0, 0.05) is 38.3 Å². The topological polar surface area (TPSA) is 32.5 Å². The van der Waals surface area contributed by atoms with Crippen LogP contribution in [0.25, 0.3) is 0 Å². The van der Waals surface area contributed by atoms with Crippen molar-refractivity contribution in [3.8, 4) is 0 Å². The van der Waals surface area contributed by atoms with Crippen LogP contribution in [0.5, 0.6) is 0 Å².